The van der Waals surface area contributed by atoms with E-state index in [1.54, 1.807) is 0 Å². The van der Waals surface area contributed by atoms with Crippen molar-refractivity contribution in [1.29, 1.82) is 0 Å². The number of esters is 1. The van der Waals surface area contributed by atoms with Gasteiger partial charge in [0.25, 0.3) is 0 Å². The molecule has 0 aliphatic heterocycles. The van der Waals surface area contributed by atoms with E-state index >= 15 is 0 Å². The number of hydrogen-bond donors (Lipinski definition) is 0. The van der Waals surface area contributed by atoms with Gasteiger partial charge in [0.15, 0.2) is 0 Å². The van der Waals surface area contributed by atoms with Crippen molar-refractivity contribution in [1.82, 2.24) is 0 Å². The van der Waals surface area contributed by atoms with E-state index in [4.69, 9.17) is 4.74 Å². The molecule has 1 unspecified atom stereocenters. The van der Waals surface area contributed by atoms with E-state index in [1.165, 1.54) is 18.3 Å². The van der Waals surface area contributed by atoms with Gasteiger partial charge in [-0.3, -0.25) is 0 Å². The Hall–Kier alpha value is -1.31. The third-order valence-corrected chi connectivity index (χ3v) is 4.18. The van der Waals surface area contributed by atoms with Crippen molar-refractivity contribution in [3.63, 3.8) is 0 Å². The molecule has 0 saturated heterocycles. The van der Waals surface area contributed by atoms with Gasteiger partial charge in [0, 0.05) is 12.0 Å². The van der Waals surface area contributed by atoms with Gasteiger partial charge in [0.1, 0.15) is 0 Å². The van der Waals surface area contributed by atoms with Crippen LogP contribution in [-0.2, 0) is 9.53 Å². The zero-order valence-electron chi connectivity index (χ0n) is 14.7. The maximum Gasteiger partial charge on any atom is 0.333 e. The Labute approximate surface area is 130 Å². The van der Waals surface area contributed by atoms with E-state index in [-0.39, 0.29) is 16.8 Å². The second-order valence-electron chi connectivity index (χ2n) is 8.11. The first-order chi connectivity index (χ1) is 9.45. The highest BCUT2D eigenvalue weighted by Gasteiger charge is 2.30. The van der Waals surface area contributed by atoms with Crippen LogP contribution in [0.5, 0.6) is 0 Å². The smallest absolute Gasteiger partial charge is 0.333 e. The molecule has 1 rings (SSSR count). The number of carbonyl (C=O) groups is 1. The van der Waals surface area contributed by atoms with Crippen LogP contribution in [0, 0.1) is 16.7 Å². The van der Waals surface area contributed by atoms with Crippen molar-refractivity contribution in [2.75, 3.05) is 7.11 Å². The number of ether oxygens (including phenoxy) is 1. The van der Waals surface area contributed by atoms with Crippen molar-refractivity contribution in [2.24, 2.45) is 16.7 Å². The van der Waals surface area contributed by atoms with Gasteiger partial charge >= 0.3 is 5.97 Å². The molecule has 1 aliphatic rings. The molecule has 21 heavy (non-hydrogen) atoms. The van der Waals surface area contributed by atoms with Crippen molar-refractivity contribution >= 4 is 5.97 Å². The van der Waals surface area contributed by atoms with Gasteiger partial charge < -0.3 is 4.74 Å². The lowest BCUT2D eigenvalue weighted by Crippen LogP contribution is -2.25. The van der Waals surface area contributed by atoms with E-state index < -0.39 is 0 Å². The summed E-state index contributed by atoms with van der Waals surface area (Å²) in [5.74, 6) is 0.164. The van der Waals surface area contributed by atoms with E-state index in [0.717, 1.165) is 6.42 Å². The van der Waals surface area contributed by atoms with Crippen LogP contribution in [0.1, 0.15) is 54.4 Å². The zero-order valence-corrected chi connectivity index (χ0v) is 14.7. The Morgan fingerprint density at radius 2 is 1.86 bits per heavy atom. The van der Waals surface area contributed by atoms with Crippen LogP contribution in [0.25, 0.3) is 0 Å². The van der Waals surface area contributed by atoms with Gasteiger partial charge in [-0.2, -0.15) is 0 Å². The summed E-state index contributed by atoms with van der Waals surface area (Å²) in [5.41, 5.74) is 3.50. The second-order valence-corrected chi connectivity index (χ2v) is 8.11. The third kappa shape index (κ3) is 4.87. The highest BCUT2D eigenvalue weighted by atomic mass is 16.5. The standard InChI is InChI=1S/C19H30O2/c1-13(17(20)21-8)9-14-10-15(18(2,3)4)12-16(11-14)19(5,6)7/h10-11,15H,1,9,12H2,2-8H3. The summed E-state index contributed by atoms with van der Waals surface area (Å²) in [7, 11) is 1.40. The van der Waals surface area contributed by atoms with Crippen LogP contribution in [0.15, 0.2) is 35.5 Å². The summed E-state index contributed by atoms with van der Waals surface area (Å²) < 4.78 is 4.76. The number of hydrogen-bond acceptors (Lipinski definition) is 2. The predicted octanol–water partition coefficient (Wildman–Crippen LogP) is 5.07. The summed E-state index contributed by atoms with van der Waals surface area (Å²) in [6.45, 7) is 17.4. The van der Waals surface area contributed by atoms with Crippen LogP contribution < -0.4 is 0 Å². The van der Waals surface area contributed by atoms with E-state index in [9.17, 15) is 4.79 Å². The normalized spacial score (nSPS) is 19.7. The molecule has 0 heterocycles. The lowest BCUT2D eigenvalue weighted by Gasteiger charge is -2.36. The highest BCUT2D eigenvalue weighted by Crippen LogP contribution is 2.42. The molecule has 0 N–H and O–H groups in total. The van der Waals surface area contributed by atoms with Gasteiger partial charge in [-0.15, -0.1) is 0 Å². The minimum atomic E-state index is -0.320. The van der Waals surface area contributed by atoms with Gasteiger partial charge in [0.05, 0.1) is 7.11 Å². The quantitative estimate of drug-likeness (QED) is 0.536. The van der Waals surface area contributed by atoms with Crippen LogP contribution in [0.4, 0.5) is 0 Å². The molecule has 0 aromatic heterocycles. The summed E-state index contributed by atoms with van der Waals surface area (Å²) >= 11 is 0. The van der Waals surface area contributed by atoms with Crippen molar-refractivity contribution in [2.45, 2.75) is 54.4 Å². The molecule has 0 bridgehead atoms. The lowest BCUT2D eigenvalue weighted by molar-refractivity contribution is -0.136. The topological polar surface area (TPSA) is 26.3 Å². The molecule has 1 atom stereocenters. The number of carbonyl (C=O) groups excluding carboxylic acids is 1. The van der Waals surface area contributed by atoms with E-state index in [2.05, 4.69) is 60.3 Å². The third-order valence-electron chi connectivity index (χ3n) is 4.18. The number of methoxy groups -OCH3 is 1. The zero-order chi connectivity index (χ0) is 16.4. The summed E-state index contributed by atoms with van der Waals surface area (Å²) in [5, 5.41) is 0. The first kappa shape index (κ1) is 17.7. The highest BCUT2D eigenvalue weighted by molar-refractivity contribution is 5.88. The average molecular weight is 290 g/mol. The molecule has 1 aliphatic carbocycles. The molecule has 0 spiro atoms. The molecule has 0 amide bonds. The van der Waals surface area contributed by atoms with Crippen LogP contribution in [0.3, 0.4) is 0 Å². The molecule has 0 aromatic rings. The molecule has 0 fully saturated rings. The van der Waals surface area contributed by atoms with Gasteiger partial charge in [-0.05, 0) is 28.7 Å². The molecule has 118 valence electrons. The largest absolute Gasteiger partial charge is 0.466 e. The summed E-state index contributed by atoms with van der Waals surface area (Å²) in [4.78, 5) is 11.6. The molecular weight excluding hydrogens is 260 g/mol. The molecule has 2 heteroatoms. The first-order valence-electron chi connectivity index (χ1n) is 7.63. The van der Waals surface area contributed by atoms with E-state index in [0.29, 0.717) is 17.9 Å². The van der Waals surface area contributed by atoms with E-state index in [1.807, 2.05) is 0 Å². The van der Waals surface area contributed by atoms with Gasteiger partial charge in [-0.25, -0.2) is 4.79 Å². The fraction of sp³-hybridized carbons (Fsp3) is 0.632. The first-order valence-corrected chi connectivity index (χ1v) is 7.63. The van der Waals surface area contributed by atoms with Crippen molar-refractivity contribution in [3.8, 4) is 0 Å². The summed E-state index contributed by atoms with van der Waals surface area (Å²) in [6.07, 6.45) is 6.21. The average Bonchev–Trinajstić information content (AvgIpc) is 2.35. The number of allylic oxidation sites excluding steroid dienone is 4. The number of rotatable bonds is 3. The molecular formula is C19H30O2. The minimum absolute atomic E-state index is 0.148. The molecule has 0 aromatic carbocycles. The van der Waals surface area contributed by atoms with Crippen LogP contribution in [-0.4, -0.2) is 13.1 Å². The fourth-order valence-electron chi connectivity index (χ4n) is 2.54. The SMILES string of the molecule is C=C(CC1=CC(C(C)(C)C)CC(C(C)(C)C)=C1)C(=O)OC. The molecule has 0 radical (unpaired) electrons. The predicted molar refractivity (Wildman–Crippen MR) is 89.0 cm³/mol. The maximum absolute atomic E-state index is 11.6. The second kappa shape index (κ2) is 6.21. The van der Waals surface area contributed by atoms with Crippen molar-refractivity contribution < 1.29 is 9.53 Å². The molecule has 2 nitrogen and oxygen atoms in total. The Morgan fingerprint density at radius 3 is 2.29 bits per heavy atom. The van der Waals surface area contributed by atoms with Gasteiger partial charge in [0.2, 0.25) is 0 Å². The monoisotopic (exact) mass is 290 g/mol. The van der Waals surface area contributed by atoms with Crippen LogP contribution in [0.2, 0.25) is 0 Å². The Kier molecular flexibility index (Phi) is 5.25. The molecule has 0 saturated carbocycles. The Morgan fingerprint density at radius 1 is 1.29 bits per heavy atom. The fourth-order valence-corrected chi connectivity index (χ4v) is 2.54. The van der Waals surface area contributed by atoms with Crippen LogP contribution >= 0.6 is 0 Å². The van der Waals surface area contributed by atoms with Gasteiger partial charge in [-0.1, -0.05) is 65.8 Å². The summed E-state index contributed by atoms with van der Waals surface area (Å²) in [6, 6.07) is 0. The Bertz CT molecular complexity index is 479. The maximum atomic E-state index is 11.6. The van der Waals surface area contributed by atoms with Crippen molar-refractivity contribution in [3.05, 3.63) is 35.5 Å². The minimum Gasteiger partial charge on any atom is -0.466 e. The Balaban J connectivity index is 3.07. The lowest BCUT2D eigenvalue weighted by atomic mass is 9.69.